The molecule has 0 saturated carbocycles. The molecule has 1 aromatic rings. The lowest BCUT2D eigenvalue weighted by atomic mass is 10.4. The summed E-state index contributed by atoms with van der Waals surface area (Å²) in [4.78, 5) is 1.16. The van der Waals surface area contributed by atoms with Crippen molar-refractivity contribution < 1.29 is 1.37 Å². The summed E-state index contributed by atoms with van der Waals surface area (Å²) in [5.74, 6) is 0. The molecular weight excluding hydrogens is 116 g/mol. The number of hydrogen-bond donors (Lipinski definition) is 0. The van der Waals surface area contributed by atoms with E-state index in [1.807, 2.05) is 24.5 Å². The molecule has 0 aliphatic rings. The smallest absolute Gasteiger partial charge is 0.0623 e. The quantitative estimate of drug-likeness (QED) is 0.519. The van der Waals surface area contributed by atoms with Gasteiger partial charge in [-0.3, -0.25) is 0 Å². The molecule has 0 aromatic heterocycles. The number of hydrogen-bond acceptors (Lipinski definition) is 1. The Labute approximate surface area is 55.3 Å². The van der Waals surface area contributed by atoms with Crippen LogP contribution in [0.25, 0.3) is 0 Å². The average Bonchev–Trinajstić information content (AvgIpc) is 1.88. The van der Waals surface area contributed by atoms with Crippen LogP contribution in [0, 0.1) is 0 Å². The molecule has 0 spiro atoms. The summed E-state index contributed by atoms with van der Waals surface area (Å²) in [6, 6.07) is 8.11. The minimum atomic E-state index is 0.585. The number of thioether (sulfide) groups is 1. The highest BCUT2D eigenvalue weighted by atomic mass is 32.2. The molecule has 1 aromatic carbocycles. The largest absolute Gasteiger partial charge is 0.130 e. The van der Waals surface area contributed by atoms with Gasteiger partial charge < -0.3 is 0 Å². The zero-order chi connectivity index (χ0) is 6.69. The van der Waals surface area contributed by atoms with Crippen molar-refractivity contribution in [2.45, 2.75) is 4.90 Å². The molecule has 0 radical (unpaired) electrons. The van der Waals surface area contributed by atoms with Crippen LogP contribution in [0.1, 0.15) is 1.37 Å². The maximum atomic E-state index is 7.23. The van der Waals surface area contributed by atoms with E-state index in [1.165, 1.54) is 0 Å². The molecule has 0 saturated heterocycles. The third-order valence-corrected chi connectivity index (χ3v) is 1.64. The predicted octanol–water partition coefficient (Wildman–Crippen LogP) is 2.41. The third-order valence-electron chi connectivity index (χ3n) is 0.914. The predicted molar refractivity (Wildman–Crippen MR) is 38.2 cm³/mol. The van der Waals surface area contributed by atoms with Crippen LogP contribution in [0.3, 0.4) is 0 Å². The van der Waals surface area contributed by atoms with E-state index in [9.17, 15) is 0 Å². The van der Waals surface area contributed by atoms with Gasteiger partial charge in [0.15, 0.2) is 0 Å². The van der Waals surface area contributed by atoms with E-state index in [-0.39, 0.29) is 0 Å². The van der Waals surface area contributed by atoms with E-state index < -0.39 is 0 Å². The minimum Gasteiger partial charge on any atom is -0.130 e. The van der Waals surface area contributed by atoms with Crippen LogP contribution >= 0.6 is 11.8 Å². The van der Waals surface area contributed by atoms with E-state index in [1.54, 1.807) is 17.8 Å². The van der Waals surface area contributed by atoms with Gasteiger partial charge in [0.2, 0.25) is 0 Å². The van der Waals surface area contributed by atoms with Crippen molar-refractivity contribution >= 4 is 11.8 Å². The molecule has 0 bridgehead atoms. The molecule has 1 rings (SSSR count). The fraction of sp³-hybridized carbons (Fsp3) is 0.143. The van der Waals surface area contributed by atoms with Gasteiger partial charge in [-0.2, -0.15) is 0 Å². The van der Waals surface area contributed by atoms with Crippen molar-refractivity contribution in [3.8, 4) is 0 Å². The van der Waals surface area contributed by atoms with Gasteiger partial charge in [-0.25, -0.2) is 0 Å². The van der Waals surface area contributed by atoms with Gasteiger partial charge in [0.1, 0.15) is 0 Å². The Bertz CT molecular complexity index is 198. The molecule has 0 atom stereocenters. The van der Waals surface area contributed by atoms with Crippen LogP contribution in [-0.2, 0) is 0 Å². The van der Waals surface area contributed by atoms with Gasteiger partial charge in [0.05, 0.1) is 1.37 Å². The van der Waals surface area contributed by atoms with Gasteiger partial charge in [-0.05, 0) is 18.4 Å². The molecule has 0 amide bonds. The van der Waals surface area contributed by atoms with Crippen molar-refractivity contribution in [3.63, 3.8) is 0 Å². The lowest BCUT2D eigenvalue weighted by Gasteiger charge is -1.89. The van der Waals surface area contributed by atoms with E-state index >= 15 is 0 Å². The molecular formula is C7H8S. The fourth-order valence-electron chi connectivity index (χ4n) is 0.504. The highest BCUT2D eigenvalue weighted by molar-refractivity contribution is 7.98. The normalized spacial score (nSPS) is 10.9. The van der Waals surface area contributed by atoms with Crippen LogP contribution in [0.15, 0.2) is 35.2 Å². The molecule has 1 heteroatoms. The van der Waals surface area contributed by atoms with E-state index in [0.717, 1.165) is 4.90 Å². The molecule has 0 heterocycles. The van der Waals surface area contributed by atoms with Crippen LogP contribution in [0.5, 0.6) is 0 Å². The Morgan fingerprint density at radius 1 is 1.50 bits per heavy atom. The Balaban J connectivity index is 2.94. The molecule has 0 unspecified atom stereocenters. The first kappa shape index (κ1) is 4.45. The van der Waals surface area contributed by atoms with Crippen molar-refractivity contribution in [2.24, 2.45) is 0 Å². The van der Waals surface area contributed by atoms with Crippen LogP contribution in [0.2, 0.25) is 0 Å². The second-order valence-electron chi connectivity index (χ2n) is 1.44. The number of rotatable bonds is 1. The summed E-state index contributed by atoms with van der Waals surface area (Å²) in [5, 5.41) is 0. The van der Waals surface area contributed by atoms with Crippen LogP contribution in [0.4, 0.5) is 0 Å². The van der Waals surface area contributed by atoms with Gasteiger partial charge in [0.25, 0.3) is 0 Å². The Morgan fingerprint density at radius 3 is 2.88 bits per heavy atom. The zero-order valence-electron chi connectivity index (χ0n) is 5.72. The standard InChI is InChI=1S/C7H8S/c1-8-7-5-3-2-4-6-7/h2-6H,1H3/i3D. The molecule has 42 valence electrons. The molecule has 8 heavy (non-hydrogen) atoms. The van der Waals surface area contributed by atoms with Gasteiger partial charge in [-0.15, -0.1) is 11.8 Å². The summed E-state index contributed by atoms with van der Waals surface area (Å²) in [7, 11) is 0. The second kappa shape index (κ2) is 2.78. The highest BCUT2D eigenvalue weighted by Gasteiger charge is 1.80. The summed E-state index contributed by atoms with van der Waals surface area (Å²) >= 11 is 1.66. The summed E-state index contributed by atoms with van der Waals surface area (Å²) in [6.07, 6.45) is 2.01. The molecule has 0 aliphatic heterocycles. The maximum absolute atomic E-state index is 7.23. The van der Waals surface area contributed by atoms with Crippen molar-refractivity contribution in [1.29, 1.82) is 0 Å². The van der Waals surface area contributed by atoms with Gasteiger partial charge in [-0.1, -0.05) is 18.2 Å². The Hall–Kier alpha value is -0.430. The monoisotopic (exact) mass is 125 g/mol. The van der Waals surface area contributed by atoms with Crippen molar-refractivity contribution in [2.75, 3.05) is 6.26 Å². The first-order valence-electron chi connectivity index (χ1n) is 2.93. The van der Waals surface area contributed by atoms with E-state index in [0.29, 0.717) is 6.04 Å². The first-order chi connectivity index (χ1) is 4.33. The van der Waals surface area contributed by atoms with Crippen LogP contribution < -0.4 is 0 Å². The lowest BCUT2D eigenvalue weighted by Crippen LogP contribution is -1.62. The van der Waals surface area contributed by atoms with Crippen LogP contribution in [-0.4, -0.2) is 6.26 Å². The Kier molecular flexibility index (Phi) is 1.54. The topological polar surface area (TPSA) is 0 Å². The zero-order valence-corrected chi connectivity index (χ0v) is 5.53. The third kappa shape index (κ3) is 1.27. The first-order valence-corrected chi connectivity index (χ1v) is 3.66. The number of benzene rings is 1. The Morgan fingerprint density at radius 2 is 2.38 bits per heavy atom. The SMILES string of the molecule is [2H]c1cccc(SC)c1. The van der Waals surface area contributed by atoms with Gasteiger partial charge >= 0.3 is 0 Å². The van der Waals surface area contributed by atoms with Gasteiger partial charge in [0, 0.05) is 4.90 Å². The average molecular weight is 125 g/mol. The fourth-order valence-corrected chi connectivity index (χ4v) is 0.904. The summed E-state index contributed by atoms with van der Waals surface area (Å²) in [5.41, 5.74) is 0. The molecule has 0 N–H and O–H groups in total. The maximum Gasteiger partial charge on any atom is 0.0623 e. The second-order valence-corrected chi connectivity index (χ2v) is 2.32. The lowest BCUT2D eigenvalue weighted by molar-refractivity contribution is 1.47. The van der Waals surface area contributed by atoms with Crippen molar-refractivity contribution in [1.82, 2.24) is 0 Å². The molecule has 0 aliphatic carbocycles. The van der Waals surface area contributed by atoms with Crippen molar-refractivity contribution in [3.05, 3.63) is 30.3 Å². The minimum absolute atomic E-state index is 0.585. The molecule has 0 nitrogen and oxygen atoms in total. The highest BCUT2D eigenvalue weighted by Crippen LogP contribution is 2.11. The summed E-state index contributed by atoms with van der Waals surface area (Å²) in [6.45, 7) is 0. The summed E-state index contributed by atoms with van der Waals surface area (Å²) < 4.78 is 7.23. The molecule has 0 fully saturated rings. The van der Waals surface area contributed by atoms with E-state index in [4.69, 9.17) is 1.37 Å². The van der Waals surface area contributed by atoms with E-state index in [2.05, 4.69) is 0 Å².